The first-order valence-electron chi connectivity index (χ1n) is 7.65. The molecule has 0 amide bonds. The Morgan fingerprint density at radius 3 is 2.95 bits per heavy atom. The van der Waals surface area contributed by atoms with E-state index in [4.69, 9.17) is 5.11 Å². The smallest absolute Gasteiger partial charge is 0.0695 e. The molecule has 0 aliphatic rings. The fourth-order valence-electron chi connectivity index (χ4n) is 2.54. The van der Waals surface area contributed by atoms with Gasteiger partial charge < -0.3 is 10.4 Å². The van der Waals surface area contributed by atoms with Crippen LogP contribution in [0.1, 0.15) is 30.9 Å². The lowest BCUT2D eigenvalue weighted by molar-refractivity contribution is 0.251. The number of aryl methyl sites for hydroxylation is 1. The third-order valence-electron chi connectivity index (χ3n) is 3.89. The van der Waals surface area contributed by atoms with Crippen LogP contribution in [0.4, 0.5) is 0 Å². The minimum Gasteiger partial charge on any atom is -0.396 e. The van der Waals surface area contributed by atoms with Crippen molar-refractivity contribution >= 4 is 0 Å². The molecule has 0 bridgehead atoms. The lowest BCUT2D eigenvalue weighted by Gasteiger charge is -2.14. The van der Waals surface area contributed by atoms with Gasteiger partial charge in [0.25, 0.3) is 0 Å². The third-order valence-corrected chi connectivity index (χ3v) is 3.89. The summed E-state index contributed by atoms with van der Waals surface area (Å²) >= 11 is 0. The molecule has 0 aliphatic heterocycles. The molecule has 1 heterocycles. The number of hydrogen-bond acceptors (Lipinski definition) is 3. The van der Waals surface area contributed by atoms with Gasteiger partial charge in [-0.05, 0) is 31.9 Å². The van der Waals surface area contributed by atoms with Gasteiger partial charge in [0.2, 0.25) is 0 Å². The topological polar surface area (TPSA) is 60.9 Å². The van der Waals surface area contributed by atoms with Crippen molar-refractivity contribution in [2.75, 3.05) is 13.2 Å². The number of benzene rings is 1. The van der Waals surface area contributed by atoms with Gasteiger partial charge in [-0.1, -0.05) is 37.1 Å². The van der Waals surface area contributed by atoms with Crippen LogP contribution in [0.5, 0.6) is 0 Å². The Morgan fingerprint density at radius 2 is 2.24 bits per heavy atom. The van der Waals surface area contributed by atoms with Crippen LogP contribution in [0.2, 0.25) is 0 Å². The highest BCUT2D eigenvalue weighted by atomic mass is 16.3. The second kappa shape index (κ2) is 7.96. The van der Waals surface area contributed by atoms with Crippen LogP contribution in [0.3, 0.4) is 0 Å². The van der Waals surface area contributed by atoms with Gasteiger partial charge in [-0.3, -0.25) is 5.10 Å². The van der Waals surface area contributed by atoms with Gasteiger partial charge in [0.15, 0.2) is 0 Å². The minimum atomic E-state index is 0.264. The lowest BCUT2D eigenvalue weighted by atomic mass is 10.0. The Labute approximate surface area is 126 Å². The maximum atomic E-state index is 9.03. The minimum absolute atomic E-state index is 0.264. The Kier molecular flexibility index (Phi) is 5.96. The van der Waals surface area contributed by atoms with Crippen molar-refractivity contribution in [3.63, 3.8) is 0 Å². The van der Waals surface area contributed by atoms with Crippen molar-refractivity contribution in [1.82, 2.24) is 15.5 Å². The van der Waals surface area contributed by atoms with Crippen molar-refractivity contribution in [3.05, 3.63) is 41.6 Å². The van der Waals surface area contributed by atoms with Crippen molar-refractivity contribution in [2.45, 2.75) is 33.2 Å². The normalized spacial score (nSPS) is 12.5. The second-order valence-corrected chi connectivity index (χ2v) is 5.56. The molecule has 2 rings (SSSR count). The molecule has 1 aromatic carbocycles. The average molecular weight is 287 g/mol. The Bertz CT molecular complexity index is 550. The number of nitrogens with zero attached hydrogens (tertiary/aromatic N) is 1. The zero-order valence-electron chi connectivity index (χ0n) is 12.9. The van der Waals surface area contributed by atoms with Gasteiger partial charge >= 0.3 is 0 Å². The van der Waals surface area contributed by atoms with Gasteiger partial charge in [-0.15, -0.1) is 0 Å². The Hall–Kier alpha value is -1.65. The molecule has 2 aromatic rings. The summed E-state index contributed by atoms with van der Waals surface area (Å²) in [5.74, 6) is 0.532. The average Bonchev–Trinajstić information content (AvgIpc) is 2.95. The number of aromatic amines is 1. The number of hydrogen-bond donors (Lipinski definition) is 3. The van der Waals surface area contributed by atoms with Gasteiger partial charge in [0, 0.05) is 24.3 Å². The van der Waals surface area contributed by atoms with E-state index in [0.29, 0.717) is 5.92 Å². The SMILES string of the molecule is CCC(CCO)CNCc1cn[nH]c1-c1cccc(C)c1. The van der Waals surface area contributed by atoms with E-state index < -0.39 is 0 Å². The highest BCUT2D eigenvalue weighted by Gasteiger charge is 2.09. The number of aliphatic hydroxyl groups excluding tert-OH is 1. The van der Waals surface area contributed by atoms with Crippen LogP contribution >= 0.6 is 0 Å². The zero-order valence-corrected chi connectivity index (χ0v) is 12.9. The number of H-pyrrole nitrogens is 1. The predicted octanol–water partition coefficient (Wildman–Crippen LogP) is 2.88. The molecule has 4 nitrogen and oxygen atoms in total. The van der Waals surface area contributed by atoms with Gasteiger partial charge in [0.05, 0.1) is 11.9 Å². The van der Waals surface area contributed by atoms with Crippen molar-refractivity contribution in [1.29, 1.82) is 0 Å². The molecular weight excluding hydrogens is 262 g/mol. The zero-order chi connectivity index (χ0) is 15.1. The maximum absolute atomic E-state index is 9.03. The van der Waals surface area contributed by atoms with Crippen LogP contribution in [-0.2, 0) is 6.54 Å². The van der Waals surface area contributed by atoms with Gasteiger partial charge in [-0.25, -0.2) is 0 Å². The van der Waals surface area contributed by atoms with E-state index in [-0.39, 0.29) is 6.61 Å². The first-order valence-corrected chi connectivity index (χ1v) is 7.65. The monoisotopic (exact) mass is 287 g/mol. The first kappa shape index (κ1) is 15.7. The molecule has 0 saturated heterocycles. The lowest BCUT2D eigenvalue weighted by Crippen LogP contribution is -2.23. The molecule has 0 saturated carbocycles. The molecule has 21 heavy (non-hydrogen) atoms. The quantitative estimate of drug-likeness (QED) is 0.699. The van der Waals surface area contributed by atoms with E-state index in [9.17, 15) is 0 Å². The van der Waals surface area contributed by atoms with E-state index >= 15 is 0 Å². The molecule has 3 N–H and O–H groups in total. The van der Waals surface area contributed by atoms with Crippen molar-refractivity contribution in [2.24, 2.45) is 5.92 Å². The summed E-state index contributed by atoms with van der Waals surface area (Å²) in [4.78, 5) is 0. The summed E-state index contributed by atoms with van der Waals surface area (Å²) in [6.45, 7) is 6.24. The molecule has 4 heteroatoms. The van der Waals surface area contributed by atoms with E-state index in [2.05, 4.69) is 53.6 Å². The van der Waals surface area contributed by atoms with E-state index in [0.717, 1.165) is 31.6 Å². The Balaban J connectivity index is 1.98. The number of aromatic nitrogens is 2. The second-order valence-electron chi connectivity index (χ2n) is 5.56. The highest BCUT2D eigenvalue weighted by Crippen LogP contribution is 2.22. The first-order chi connectivity index (χ1) is 10.2. The maximum Gasteiger partial charge on any atom is 0.0695 e. The highest BCUT2D eigenvalue weighted by molar-refractivity contribution is 5.63. The van der Waals surface area contributed by atoms with Crippen molar-refractivity contribution in [3.8, 4) is 11.3 Å². The van der Waals surface area contributed by atoms with Crippen molar-refractivity contribution < 1.29 is 5.11 Å². The summed E-state index contributed by atoms with van der Waals surface area (Å²) in [7, 11) is 0. The van der Waals surface area contributed by atoms with Gasteiger partial charge in [-0.2, -0.15) is 5.10 Å². The van der Waals surface area contributed by atoms with Gasteiger partial charge in [0.1, 0.15) is 0 Å². The Morgan fingerprint density at radius 1 is 1.38 bits per heavy atom. The standard InChI is InChI=1S/C17H25N3O/c1-3-14(7-8-21)10-18-11-16-12-19-20-17(16)15-6-4-5-13(2)9-15/h4-6,9,12,14,18,21H,3,7-8,10-11H2,1-2H3,(H,19,20). The molecule has 1 unspecified atom stereocenters. The molecule has 1 aromatic heterocycles. The number of aliphatic hydroxyl groups is 1. The summed E-state index contributed by atoms with van der Waals surface area (Å²) in [5.41, 5.74) is 4.68. The summed E-state index contributed by atoms with van der Waals surface area (Å²) < 4.78 is 0. The summed E-state index contributed by atoms with van der Waals surface area (Å²) in [6, 6.07) is 8.43. The van der Waals surface area contributed by atoms with Crippen LogP contribution in [0.15, 0.2) is 30.5 Å². The molecule has 0 aliphatic carbocycles. The fourth-order valence-corrected chi connectivity index (χ4v) is 2.54. The summed E-state index contributed by atoms with van der Waals surface area (Å²) in [6.07, 6.45) is 3.83. The number of nitrogens with one attached hydrogen (secondary N) is 2. The van der Waals surface area contributed by atoms with E-state index in [1.54, 1.807) is 0 Å². The third kappa shape index (κ3) is 4.41. The van der Waals surface area contributed by atoms with Crippen LogP contribution in [0.25, 0.3) is 11.3 Å². The van der Waals surface area contributed by atoms with Crippen LogP contribution < -0.4 is 5.32 Å². The fraction of sp³-hybridized carbons (Fsp3) is 0.471. The van der Waals surface area contributed by atoms with E-state index in [1.165, 1.54) is 16.7 Å². The van der Waals surface area contributed by atoms with Crippen LogP contribution in [0, 0.1) is 12.8 Å². The molecule has 0 fully saturated rings. The molecule has 0 radical (unpaired) electrons. The van der Waals surface area contributed by atoms with Crippen LogP contribution in [-0.4, -0.2) is 28.5 Å². The molecule has 0 spiro atoms. The van der Waals surface area contributed by atoms with E-state index in [1.807, 2.05) is 6.20 Å². The largest absolute Gasteiger partial charge is 0.396 e. The number of rotatable bonds is 8. The summed E-state index contributed by atoms with van der Waals surface area (Å²) in [5, 5.41) is 19.8. The predicted molar refractivity (Wildman–Crippen MR) is 86.0 cm³/mol. The molecular formula is C17H25N3O. The molecule has 1 atom stereocenters. The molecule has 114 valence electrons.